The van der Waals surface area contributed by atoms with Gasteiger partial charge in [-0.15, -0.1) is 0 Å². The molecule has 0 heterocycles. The molecule has 0 nitrogen and oxygen atoms in total. The van der Waals surface area contributed by atoms with Crippen LogP contribution in [-0.4, -0.2) is 0 Å². The predicted octanol–water partition coefficient (Wildman–Crippen LogP) is 7.66. The van der Waals surface area contributed by atoms with Gasteiger partial charge in [0.15, 0.2) is 0 Å². The van der Waals surface area contributed by atoms with Crippen LogP contribution < -0.4 is 0 Å². The molecule has 23 heavy (non-hydrogen) atoms. The summed E-state index contributed by atoms with van der Waals surface area (Å²) in [6, 6.07) is 7.02. The monoisotopic (exact) mass is 316 g/mol. The highest BCUT2D eigenvalue weighted by molar-refractivity contribution is 5.35. The average Bonchev–Trinajstić information content (AvgIpc) is 2.56. The number of aryl methyl sites for hydroxylation is 2. The van der Waals surface area contributed by atoms with Crippen molar-refractivity contribution in [2.75, 3.05) is 0 Å². The number of benzene rings is 1. The molecule has 132 valence electrons. The van der Waals surface area contributed by atoms with Crippen LogP contribution in [0.5, 0.6) is 0 Å². The van der Waals surface area contributed by atoms with Crippen molar-refractivity contribution in [3.63, 3.8) is 0 Å². The van der Waals surface area contributed by atoms with Crippen LogP contribution >= 0.6 is 0 Å². The van der Waals surface area contributed by atoms with Crippen LogP contribution in [0.15, 0.2) is 18.2 Å². The largest absolute Gasteiger partial charge is 0.0654 e. The van der Waals surface area contributed by atoms with Crippen molar-refractivity contribution in [2.45, 2.75) is 111 Å². The Kier molecular flexibility index (Phi) is 12.0. The Morgan fingerprint density at radius 1 is 0.522 bits per heavy atom. The molecule has 0 bridgehead atoms. The highest BCUT2D eigenvalue weighted by atomic mass is 14.1. The Balaban J connectivity index is 2.29. The number of rotatable bonds is 14. The van der Waals surface area contributed by atoms with Gasteiger partial charge in [-0.25, -0.2) is 0 Å². The van der Waals surface area contributed by atoms with Gasteiger partial charge >= 0.3 is 0 Å². The van der Waals surface area contributed by atoms with Crippen LogP contribution in [0.4, 0.5) is 0 Å². The molecule has 0 N–H and O–H groups in total. The fourth-order valence-corrected chi connectivity index (χ4v) is 3.62. The van der Waals surface area contributed by atoms with Crippen LogP contribution in [0.3, 0.4) is 0 Å². The highest BCUT2D eigenvalue weighted by Gasteiger charge is 2.07. The molecule has 0 radical (unpaired) electrons. The first-order valence-electron chi connectivity index (χ1n) is 10.4. The fourth-order valence-electron chi connectivity index (χ4n) is 3.62. The maximum absolute atomic E-state index is 2.38. The van der Waals surface area contributed by atoms with Gasteiger partial charge in [0.1, 0.15) is 0 Å². The summed E-state index contributed by atoms with van der Waals surface area (Å²) in [5.41, 5.74) is 4.93. The van der Waals surface area contributed by atoms with Gasteiger partial charge in [-0.3, -0.25) is 0 Å². The molecule has 0 fully saturated rings. The summed E-state index contributed by atoms with van der Waals surface area (Å²) < 4.78 is 0. The zero-order valence-electron chi connectivity index (χ0n) is 16.1. The molecule has 0 saturated heterocycles. The molecule has 0 heteroatoms. The van der Waals surface area contributed by atoms with E-state index < -0.39 is 0 Å². The third kappa shape index (κ3) is 8.58. The molecule has 0 atom stereocenters. The topological polar surface area (TPSA) is 0 Å². The first-order valence-corrected chi connectivity index (χ1v) is 10.4. The lowest BCUT2D eigenvalue weighted by molar-refractivity contribution is 0.564. The molecular formula is C23H40. The van der Waals surface area contributed by atoms with E-state index in [0.29, 0.717) is 0 Å². The predicted molar refractivity (Wildman–Crippen MR) is 105 cm³/mol. The van der Waals surface area contributed by atoms with Crippen molar-refractivity contribution in [3.8, 4) is 0 Å². The Labute approximate surface area is 146 Å². The van der Waals surface area contributed by atoms with Crippen LogP contribution in [0.25, 0.3) is 0 Å². The molecule has 0 saturated carbocycles. The minimum Gasteiger partial charge on any atom is -0.0654 e. The summed E-state index contributed by atoms with van der Waals surface area (Å²) in [6.07, 6.45) is 19.1. The van der Waals surface area contributed by atoms with E-state index in [9.17, 15) is 0 Å². The Hall–Kier alpha value is -0.780. The van der Waals surface area contributed by atoms with Gasteiger partial charge < -0.3 is 0 Å². The Morgan fingerprint density at radius 3 is 1.61 bits per heavy atom. The minimum atomic E-state index is 1.25. The van der Waals surface area contributed by atoms with Gasteiger partial charge in [0.25, 0.3) is 0 Å². The van der Waals surface area contributed by atoms with Crippen LogP contribution in [-0.2, 0) is 19.3 Å². The lowest BCUT2D eigenvalue weighted by Crippen LogP contribution is -2.00. The standard InChI is InChI=1S/C23H40/c1-4-7-8-9-10-11-12-13-14-18-22-20-15-19-21(16-5-2)23(22)17-6-3/h15,19-20H,4-14,16-18H2,1-3H3. The zero-order valence-corrected chi connectivity index (χ0v) is 16.1. The molecule has 1 rings (SSSR count). The fraction of sp³-hybridized carbons (Fsp3) is 0.739. The van der Waals surface area contributed by atoms with Gasteiger partial charge in [0, 0.05) is 0 Å². The quantitative estimate of drug-likeness (QED) is 0.309. The van der Waals surface area contributed by atoms with Crippen LogP contribution in [0, 0.1) is 0 Å². The second-order valence-electron chi connectivity index (χ2n) is 7.13. The summed E-state index contributed by atoms with van der Waals surface area (Å²) in [4.78, 5) is 0. The molecule has 0 spiro atoms. The smallest absolute Gasteiger partial charge is 0.0276 e. The summed E-state index contributed by atoms with van der Waals surface area (Å²) in [5, 5.41) is 0. The summed E-state index contributed by atoms with van der Waals surface area (Å²) >= 11 is 0. The second kappa shape index (κ2) is 13.6. The van der Waals surface area contributed by atoms with E-state index in [1.165, 1.54) is 89.9 Å². The van der Waals surface area contributed by atoms with E-state index in [1.54, 1.807) is 16.7 Å². The molecule has 0 aliphatic carbocycles. The van der Waals surface area contributed by atoms with E-state index in [1.807, 2.05) is 0 Å². The zero-order chi connectivity index (χ0) is 16.8. The van der Waals surface area contributed by atoms with Gasteiger partial charge in [0.2, 0.25) is 0 Å². The van der Waals surface area contributed by atoms with Gasteiger partial charge in [-0.2, -0.15) is 0 Å². The van der Waals surface area contributed by atoms with Crippen molar-refractivity contribution >= 4 is 0 Å². The van der Waals surface area contributed by atoms with E-state index in [0.717, 1.165) is 0 Å². The molecule has 0 aliphatic rings. The van der Waals surface area contributed by atoms with E-state index in [4.69, 9.17) is 0 Å². The van der Waals surface area contributed by atoms with Gasteiger partial charge in [-0.1, -0.05) is 103 Å². The molecular weight excluding hydrogens is 276 g/mol. The maximum Gasteiger partial charge on any atom is -0.0276 e. The molecule has 0 unspecified atom stereocenters. The number of unbranched alkanes of at least 4 members (excludes halogenated alkanes) is 8. The normalized spacial score (nSPS) is 11.1. The highest BCUT2D eigenvalue weighted by Crippen LogP contribution is 2.21. The molecule has 0 aliphatic heterocycles. The Morgan fingerprint density at radius 2 is 1.04 bits per heavy atom. The molecule has 1 aromatic rings. The molecule has 1 aromatic carbocycles. The van der Waals surface area contributed by atoms with Crippen molar-refractivity contribution in [3.05, 3.63) is 34.9 Å². The van der Waals surface area contributed by atoms with Gasteiger partial charge in [0.05, 0.1) is 0 Å². The summed E-state index contributed by atoms with van der Waals surface area (Å²) in [7, 11) is 0. The number of hydrogen-bond acceptors (Lipinski definition) is 0. The van der Waals surface area contributed by atoms with E-state index in [-0.39, 0.29) is 0 Å². The van der Waals surface area contributed by atoms with Crippen LogP contribution in [0.1, 0.15) is 108 Å². The molecule has 0 aromatic heterocycles. The lowest BCUT2D eigenvalue weighted by atomic mass is 9.91. The SMILES string of the molecule is CCCCCCCCCCCc1cccc(CCC)c1CCC. The average molecular weight is 317 g/mol. The van der Waals surface area contributed by atoms with Crippen molar-refractivity contribution in [1.29, 1.82) is 0 Å². The van der Waals surface area contributed by atoms with Crippen molar-refractivity contribution in [2.24, 2.45) is 0 Å². The van der Waals surface area contributed by atoms with Crippen molar-refractivity contribution < 1.29 is 0 Å². The minimum absolute atomic E-state index is 1.25. The Bertz CT molecular complexity index is 391. The molecule has 0 amide bonds. The van der Waals surface area contributed by atoms with Crippen molar-refractivity contribution in [1.82, 2.24) is 0 Å². The first kappa shape index (κ1) is 20.3. The van der Waals surface area contributed by atoms with E-state index >= 15 is 0 Å². The van der Waals surface area contributed by atoms with E-state index in [2.05, 4.69) is 39.0 Å². The summed E-state index contributed by atoms with van der Waals surface area (Å²) in [6.45, 7) is 6.90. The maximum atomic E-state index is 2.38. The third-order valence-corrected chi connectivity index (χ3v) is 4.94. The van der Waals surface area contributed by atoms with Crippen LogP contribution in [0.2, 0.25) is 0 Å². The lowest BCUT2D eigenvalue weighted by Gasteiger charge is -2.14. The first-order chi connectivity index (χ1) is 11.3. The van der Waals surface area contributed by atoms with Gasteiger partial charge in [-0.05, 0) is 42.4 Å². The third-order valence-electron chi connectivity index (χ3n) is 4.94. The summed E-state index contributed by atoms with van der Waals surface area (Å²) in [5.74, 6) is 0. The second-order valence-corrected chi connectivity index (χ2v) is 7.13. The number of hydrogen-bond donors (Lipinski definition) is 0.